The second kappa shape index (κ2) is 47.8. The summed E-state index contributed by atoms with van der Waals surface area (Å²) in [5.74, 6) is 1.21. The number of thioether (sulfide) groups is 3. The number of carbonyl (C=O) groups is 5. The molecular weight excluding hydrogens is 1710 g/mol. The van der Waals surface area contributed by atoms with Gasteiger partial charge in [-0.3, -0.25) is 23.5 Å². The molecule has 0 unspecified atom stereocenters. The molecule has 3 N–H and O–H groups in total. The number of benzene rings is 11. The molecule has 0 saturated carbocycles. The molecule has 16 aromatic rings. The van der Waals surface area contributed by atoms with E-state index >= 15 is 0 Å². The molecule has 1 fully saturated rings. The van der Waals surface area contributed by atoms with E-state index in [1.54, 1.807) is 45.2 Å². The zero-order valence-corrected chi connectivity index (χ0v) is 74.4. The molecule has 0 bridgehead atoms. The Balaban J connectivity index is 0.000000139. The van der Waals surface area contributed by atoms with E-state index in [1.165, 1.54) is 41.6 Å². The number of aromatic nitrogens is 10. The number of methoxy groups -OCH3 is 1. The lowest BCUT2D eigenvalue weighted by Crippen LogP contribution is -2.18. The molecule has 11 aromatic carbocycles. The Labute approximate surface area is 764 Å². The van der Waals surface area contributed by atoms with Gasteiger partial charge in [-0.2, -0.15) is 0 Å². The van der Waals surface area contributed by atoms with Gasteiger partial charge >= 0.3 is 17.9 Å². The van der Waals surface area contributed by atoms with Crippen LogP contribution in [0.2, 0.25) is 0 Å². The maximum absolute atomic E-state index is 13.2. The molecule has 17 rings (SSSR count). The van der Waals surface area contributed by atoms with Crippen molar-refractivity contribution >= 4 is 97.3 Å². The highest BCUT2D eigenvalue weighted by Crippen LogP contribution is 2.34. The maximum Gasteiger partial charge on any atom is 0.313 e. The summed E-state index contributed by atoms with van der Waals surface area (Å²) < 4.78 is 65.6. The summed E-state index contributed by atoms with van der Waals surface area (Å²) in [5.41, 5.74) is 11.4. The predicted octanol–water partition coefficient (Wildman–Crippen LogP) is 20.8. The first-order valence-electron chi connectivity index (χ1n) is 42.3. The van der Waals surface area contributed by atoms with Gasteiger partial charge in [-0.15, -0.1) is 20.4 Å². The molecular formula is C102H98F2N10O13S3. The van der Waals surface area contributed by atoms with Crippen LogP contribution >= 0.6 is 35.3 Å². The molecule has 0 amide bonds. The number of rotatable bonds is 36. The van der Waals surface area contributed by atoms with Crippen molar-refractivity contribution in [3.63, 3.8) is 0 Å². The van der Waals surface area contributed by atoms with Gasteiger partial charge in [-0.1, -0.05) is 211 Å². The van der Waals surface area contributed by atoms with Gasteiger partial charge in [0.25, 0.3) is 0 Å². The summed E-state index contributed by atoms with van der Waals surface area (Å²) in [6.45, 7) is 7.65. The van der Waals surface area contributed by atoms with Crippen molar-refractivity contribution in [2.24, 2.45) is 0 Å². The number of fused-ring (bicyclic) bond motifs is 3. The molecule has 130 heavy (non-hydrogen) atoms. The first-order chi connectivity index (χ1) is 63.4. The van der Waals surface area contributed by atoms with E-state index in [4.69, 9.17) is 39.0 Å². The molecule has 0 spiro atoms. The lowest BCUT2D eigenvalue weighted by Gasteiger charge is -2.17. The van der Waals surface area contributed by atoms with Crippen LogP contribution in [-0.4, -0.2) is 137 Å². The second-order valence-electron chi connectivity index (χ2n) is 30.1. The summed E-state index contributed by atoms with van der Waals surface area (Å²) in [6.07, 6.45) is 5.83. The van der Waals surface area contributed by atoms with Crippen LogP contribution in [0.5, 0.6) is 23.0 Å². The van der Waals surface area contributed by atoms with Crippen LogP contribution in [0.4, 0.5) is 8.78 Å². The van der Waals surface area contributed by atoms with E-state index in [2.05, 4.69) is 70.9 Å². The highest BCUT2D eigenvalue weighted by Gasteiger charge is 2.23. The number of Topliss-reactive ketones (excluding diaryl/α,β-unsaturated/α-hetero) is 2. The third-order valence-electron chi connectivity index (χ3n) is 20.9. The van der Waals surface area contributed by atoms with Crippen LogP contribution in [0.25, 0.3) is 60.8 Å². The monoisotopic (exact) mass is 1800 g/mol. The van der Waals surface area contributed by atoms with Crippen molar-refractivity contribution < 1.29 is 71.8 Å². The Morgan fingerprint density at radius 3 is 1.48 bits per heavy atom. The fraction of sp³-hybridized carbons (Fsp3) is 0.216. The molecule has 23 nitrogen and oxygen atoms in total. The number of nitrogens with zero attached hydrogens (tertiary/aromatic N) is 10. The molecule has 6 heterocycles. The summed E-state index contributed by atoms with van der Waals surface area (Å²) >= 11 is 3.49. The number of halogens is 2. The number of ether oxygens (including phenoxy) is 5. The molecule has 5 aromatic heterocycles. The molecule has 1 aliphatic rings. The predicted molar refractivity (Wildman–Crippen MR) is 504 cm³/mol. The second-order valence-corrected chi connectivity index (χ2v) is 33.0. The van der Waals surface area contributed by atoms with Crippen LogP contribution in [0.3, 0.4) is 0 Å². The normalized spacial score (nSPS) is 12.0. The van der Waals surface area contributed by atoms with Crippen molar-refractivity contribution in [2.75, 3.05) is 37.6 Å². The average molecular weight is 1810 g/mol. The maximum atomic E-state index is 13.2. The van der Waals surface area contributed by atoms with E-state index in [-0.39, 0.29) is 59.8 Å². The molecule has 28 heteroatoms. The number of hydrogen-bond donors (Lipinski definition) is 3. The number of carboxylic acid groups (broad SMARTS) is 3. The minimum absolute atomic E-state index is 0.0311. The third kappa shape index (κ3) is 26.8. The van der Waals surface area contributed by atoms with Gasteiger partial charge < -0.3 is 62.3 Å². The number of imidazole rings is 1. The SMILES string of the molecule is CC(=O)CCc1ccc(-c2ccc(F)cc2)n1CCc1ccccc1.CC(=O)CCc1ccc(-c2ccc(F)cc2)n1C[C@@H]1CCCO1.COc1ccccc1OCCn1c(SCC(=O)O)nc2ccccc21.O=C(O)CSc1nnc(COc2cccc3ccccc23)n1-c1ccccc1.O=C(O)CSc1nnc(COc2cccc3ccccc23)n1Cc1ccccc1. The Morgan fingerprint density at radius 2 is 0.915 bits per heavy atom. The fourth-order valence-corrected chi connectivity index (χ4v) is 16.7. The lowest BCUT2D eigenvalue weighted by molar-refractivity contribution is -0.134. The van der Waals surface area contributed by atoms with E-state index in [1.807, 2.05) is 226 Å². The smallest absolute Gasteiger partial charge is 0.313 e. The Kier molecular flexibility index (Phi) is 34.4. The molecule has 0 aliphatic carbocycles. The summed E-state index contributed by atoms with van der Waals surface area (Å²) in [7, 11) is 1.60. The quantitative estimate of drug-likeness (QED) is 0.0308. The van der Waals surface area contributed by atoms with Crippen molar-refractivity contribution in [2.45, 2.75) is 120 Å². The van der Waals surface area contributed by atoms with Crippen molar-refractivity contribution in [3.05, 3.63) is 343 Å². The number of aliphatic carboxylic acids is 3. The van der Waals surface area contributed by atoms with Crippen LogP contribution < -0.4 is 18.9 Å². The average Bonchev–Trinajstić information content (AvgIpc) is 1.59. The van der Waals surface area contributed by atoms with Gasteiger partial charge in [0.15, 0.2) is 38.6 Å². The van der Waals surface area contributed by atoms with Crippen molar-refractivity contribution in [3.8, 4) is 51.2 Å². The zero-order valence-electron chi connectivity index (χ0n) is 72.0. The van der Waals surface area contributed by atoms with Gasteiger partial charge in [0.05, 0.1) is 54.6 Å². The fourth-order valence-electron chi connectivity index (χ4n) is 14.6. The Bertz CT molecular complexity index is 6400. The Morgan fingerprint density at radius 1 is 0.438 bits per heavy atom. The van der Waals surface area contributed by atoms with E-state index in [0.717, 1.165) is 165 Å². The molecule has 0 radical (unpaired) electrons. The van der Waals surface area contributed by atoms with Gasteiger partial charge in [0.1, 0.15) is 54.5 Å². The third-order valence-corrected chi connectivity index (χ3v) is 23.7. The summed E-state index contributed by atoms with van der Waals surface area (Å²) in [5, 5.41) is 49.8. The van der Waals surface area contributed by atoms with Gasteiger partial charge in [-0.25, -0.2) is 13.8 Å². The minimum Gasteiger partial charge on any atom is -0.493 e. The number of aryl methyl sites for hydroxylation is 3. The van der Waals surface area contributed by atoms with Crippen LogP contribution in [-0.2, 0) is 87.4 Å². The van der Waals surface area contributed by atoms with Crippen molar-refractivity contribution in [1.82, 2.24) is 48.2 Å². The van der Waals surface area contributed by atoms with Crippen LogP contribution in [0.1, 0.15) is 73.7 Å². The van der Waals surface area contributed by atoms with E-state index in [0.29, 0.717) is 71.2 Å². The summed E-state index contributed by atoms with van der Waals surface area (Å²) in [4.78, 5) is 60.0. The number of para-hydroxylation sites is 5. The largest absolute Gasteiger partial charge is 0.493 e. The number of carbonyl (C=O) groups excluding carboxylic acids is 2. The van der Waals surface area contributed by atoms with E-state index in [9.17, 15) is 32.8 Å². The van der Waals surface area contributed by atoms with Crippen molar-refractivity contribution in [1.29, 1.82) is 0 Å². The number of ketones is 2. The highest BCUT2D eigenvalue weighted by atomic mass is 32.2. The van der Waals surface area contributed by atoms with Crippen LogP contribution in [0, 0.1) is 11.6 Å². The molecule has 1 atom stereocenters. The highest BCUT2D eigenvalue weighted by molar-refractivity contribution is 8.00. The number of hydrogen-bond acceptors (Lipinski definition) is 18. The standard InChI is InChI=1S/C22H22FNO.C22H19N3O3S.C21H17N3O3S.C19H22FNO2.C18H18N2O4S/c1-17(25)7-12-21-13-14-22(19-8-10-20(23)11-9-19)24(21)16-15-18-5-3-2-4-6-18;26-21(27)15-29-22-24-23-20(25(22)13-16-7-2-1-3-8-16)14-28-19-12-6-10-17-9-4-5-11-18(17)19;25-20(26)14-28-21-23-22-19(24(21)16-9-2-1-3-10-16)13-27-18-12-6-8-15-7-4-5-11-17(15)18;1-14(22)4-9-17-10-11-19(15-5-7-16(20)8-6-15)21(17)13-18-3-2-12-23-18;1-23-15-8-4-5-9-16(15)24-11-10-20-14-7-3-2-6-13(14)19-18(20)25-12-17(21)22/h2-6,8-11,13-14H,7,12,15-16H2,1H3;1-12H,13-15H2,(H,26,27);1-12H,13-14H2,(H,25,26);5-8,10-11,18H,2-4,9,12-13H2,1H3;2-9H,10-12H2,1H3,(H,21,22)/t;;;18-;/m...0./s1. The minimum atomic E-state index is -0.902. The van der Waals surface area contributed by atoms with Gasteiger partial charge in [0.2, 0.25) is 0 Å². The molecule has 666 valence electrons. The molecule has 1 aliphatic heterocycles. The zero-order chi connectivity index (χ0) is 90.9. The lowest BCUT2D eigenvalue weighted by atomic mass is 10.1. The van der Waals surface area contributed by atoms with E-state index < -0.39 is 17.9 Å². The summed E-state index contributed by atoms with van der Waals surface area (Å²) in [6, 6.07) is 94.4. The van der Waals surface area contributed by atoms with Gasteiger partial charge in [-0.05, 0) is 200 Å². The first-order valence-corrected chi connectivity index (χ1v) is 45.3. The Hall–Kier alpha value is -13.9. The molecule has 1 saturated heterocycles. The van der Waals surface area contributed by atoms with Gasteiger partial charge in [0, 0.05) is 71.8 Å². The first kappa shape index (κ1) is 93.7. The number of carboxylic acids is 3. The topological polar surface area (TPSA) is 281 Å². The van der Waals surface area contributed by atoms with Crippen LogP contribution in [0.15, 0.2) is 313 Å².